The van der Waals surface area contributed by atoms with E-state index < -0.39 is 12.1 Å². The van der Waals surface area contributed by atoms with Gasteiger partial charge in [-0.3, -0.25) is 0 Å². The maximum atomic E-state index is 12.8. The summed E-state index contributed by atoms with van der Waals surface area (Å²) in [4.78, 5) is 2.21. The van der Waals surface area contributed by atoms with Gasteiger partial charge in [-0.25, -0.2) is 0 Å². The van der Waals surface area contributed by atoms with Gasteiger partial charge in [0.25, 0.3) is 0 Å². The van der Waals surface area contributed by atoms with E-state index in [1.165, 1.54) is 0 Å². The van der Waals surface area contributed by atoms with E-state index in [2.05, 4.69) is 4.90 Å². The highest BCUT2D eigenvalue weighted by Crippen LogP contribution is 2.39. The Labute approximate surface area is 113 Å². The van der Waals surface area contributed by atoms with Crippen molar-refractivity contribution in [2.45, 2.75) is 75.7 Å². The van der Waals surface area contributed by atoms with Crippen molar-refractivity contribution < 1.29 is 13.2 Å². The lowest BCUT2D eigenvalue weighted by Crippen LogP contribution is -2.47. The van der Waals surface area contributed by atoms with Gasteiger partial charge in [-0.2, -0.15) is 13.2 Å². The molecule has 2 nitrogen and oxygen atoms in total. The van der Waals surface area contributed by atoms with E-state index in [1.807, 2.05) is 7.05 Å². The predicted molar refractivity (Wildman–Crippen MR) is 69.8 cm³/mol. The molecule has 0 heterocycles. The van der Waals surface area contributed by atoms with Gasteiger partial charge in [0.1, 0.15) is 0 Å². The Morgan fingerprint density at radius 3 is 2.16 bits per heavy atom. The van der Waals surface area contributed by atoms with E-state index in [-0.39, 0.29) is 12.5 Å². The Morgan fingerprint density at radius 1 is 0.947 bits per heavy atom. The van der Waals surface area contributed by atoms with E-state index in [4.69, 9.17) is 5.73 Å². The average Bonchev–Trinajstić information content (AvgIpc) is 2.38. The minimum atomic E-state index is -4.02. The molecule has 0 amide bonds. The smallest absolute Gasteiger partial charge is 0.328 e. The third-order valence-corrected chi connectivity index (χ3v) is 5.00. The minimum absolute atomic E-state index is 0.0969. The summed E-state index contributed by atoms with van der Waals surface area (Å²) in [7, 11) is 2.00. The molecule has 2 aliphatic rings. The maximum Gasteiger partial charge on any atom is 0.391 e. The number of hydrogen-bond acceptors (Lipinski definition) is 2. The topological polar surface area (TPSA) is 29.3 Å². The average molecular weight is 278 g/mol. The molecule has 2 atom stereocenters. The fourth-order valence-electron chi connectivity index (χ4n) is 3.64. The first kappa shape index (κ1) is 15.1. The normalized spacial score (nSPS) is 37.6. The summed E-state index contributed by atoms with van der Waals surface area (Å²) in [6, 6.07) is 0.815. The van der Waals surface area contributed by atoms with Gasteiger partial charge in [0.05, 0.1) is 5.92 Å². The summed E-state index contributed by atoms with van der Waals surface area (Å²) in [5, 5.41) is 0. The minimum Gasteiger partial charge on any atom is -0.328 e. The van der Waals surface area contributed by atoms with Crippen molar-refractivity contribution in [2.24, 2.45) is 11.7 Å². The molecule has 2 rings (SSSR count). The van der Waals surface area contributed by atoms with Crippen molar-refractivity contribution in [3.8, 4) is 0 Å². The Balaban J connectivity index is 1.90. The maximum absolute atomic E-state index is 12.8. The Kier molecular flexibility index (Phi) is 4.77. The lowest BCUT2D eigenvalue weighted by Gasteiger charge is -2.42. The third-order valence-electron chi connectivity index (χ3n) is 5.00. The number of rotatable bonds is 2. The SMILES string of the molecule is CN(C1CCC(N)CC1)C1CCCC(C(F)(F)F)C1. The van der Waals surface area contributed by atoms with E-state index >= 15 is 0 Å². The predicted octanol–water partition coefficient (Wildman–Crippen LogP) is 3.31. The summed E-state index contributed by atoms with van der Waals surface area (Å²) < 4.78 is 38.5. The quantitative estimate of drug-likeness (QED) is 0.839. The van der Waals surface area contributed by atoms with Crippen LogP contribution >= 0.6 is 0 Å². The van der Waals surface area contributed by atoms with E-state index in [9.17, 15) is 13.2 Å². The molecule has 0 aromatic rings. The molecule has 0 aromatic heterocycles. The van der Waals surface area contributed by atoms with E-state index in [0.717, 1.165) is 32.1 Å². The molecule has 5 heteroatoms. The molecular formula is C14H25F3N2. The first-order chi connectivity index (χ1) is 8.88. The zero-order valence-corrected chi connectivity index (χ0v) is 11.6. The largest absolute Gasteiger partial charge is 0.391 e. The van der Waals surface area contributed by atoms with Crippen molar-refractivity contribution in [3.63, 3.8) is 0 Å². The molecule has 0 radical (unpaired) electrons. The lowest BCUT2D eigenvalue weighted by molar-refractivity contribution is -0.187. The molecule has 0 aromatic carbocycles. The second-order valence-corrected chi connectivity index (χ2v) is 6.29. The van der Waals surface area contributed by atoms with Gasteiger partial charge in [-0.1, -0.05) is 6.42 Å². The highest BCUT2D eigenvalue weighted by molar-refractivity contribution is 4.87. The first-order valence-corrected chi connectivity index (χ1v) is 7.42. The highest BCUT2D eigenvalue weighted by Gasteiger charge is 2.43. The van der Waals surface area contributed by atoms with Crippen LogP contribution in [-0.4, -0.2) is 36.2 Å². The highest BCUT2D eigenvalue weighted by atomic mass is 19.4. The summed E-state index contributed by atoms with van der Waals surface area (Å²) >= 11 is 0. The molecular weight excluding hydrogens is 253 g/mol. The fraction of sp³-hybridized carbons (Fsp3) is 1.00. The molecule has 19 heavy (non-hydrogen) atoms. The second kappa shape index (κ2) is 6.00. The molecule has 2 saturated carbocycles. The molecule has 2 aliphatic carbocycles. The van der Waals surface area contributed by atoms with Gasteiger partial charge < -0.3 is 10.6 Å². The van der Waals surface area contributed by atoms with Gasteiger partial charge in [0.2, 0.25) is 0 Å². The number of hydrogen-bond donors (Lipinski definition) is 1. The fourth-order valence-corrected chi connectivity index (χ4v) is 3.64. The van der Waals surface area contributed by atoms with Gasteiger partial charge in [0, 0.05) is 18.1 Å². The zero-order chi connectivity index (χ0) is 14.0. The van der Waals surface area contributed by atoms with Gasteiger partial charge in [0.15, 0.2) is 0 Å². The van der Waals surface area contributed by atoms with Crippen LogP contribution in [0, 0.1) is 5.92 Å². The van der Waals surface area contributed by atoms with Crippen LogP contribution in [-0.2, 0) is 0 Å². The number of halogens is 3. The van der Waals surface area contributed by atoms with Crippen LogP contribution in [0.1, 0.15) is 51.4 Å². The van der Waals surface area contributed by atoms with Gasteiger partial charge in [-0.15, -0.1) is 0 Å². The van der Waals surface area contributed by atoms with Crippen molar-refractivity contribution in [1.82, 2.24) is 4.90 Å². The van der Waals surface area contributed by atoms with E-state index in [1.54, 1.807) is 0 Å². The standard InChI is InChI=1S/C14H25F3N2/c1-19(12-7-5-11(18)6-8-12)13-4-2-3-10(9-13)14(15,16)17/h10-13H,2-9,18H2,1H3. The zero-order valence-electron chi connectivity index (χ0n) is 11.6. The van der Waals surface area contributed by atoms with Crippen molar-refractivity contribution >= 4 is 0 Å². The molecule has 0 bridgehead atoms. The number of alkyl halides is 3. The summed E-state index contributed by atoms with van der Waals surface area (Å²) in [6.45, 7) is 0. The lowest BCUT2D eigenvalue weighted by atomic mass is 9.82. The van der Waals surface area contributed by atoms with Crippen LogP contribution in [0.15, 0.2) is 0 Å². The van der Waals surface area contributed by atoms with Crippen molar-refractivity contribution in [3.05, 3.63) is 0 Å². The molecule has 0 saturated heterocycles. The third kappa shape index (κ3) is 3.85. The molecule has 2 fully saturated rings. The van der Waals surface area contributed by atoms with Gasteiger partial charge >= 0.3 is 6.18 Å². The molecule has 112 valence electrons. The summed E-state index contributed by atoms with van der Waals surface area (Å²) in [6.07, 6.45) is 2.25. The molecule has 2 N–H and O–H groups in total. The summed E-state index contributed by atoms with van der Waals surface area (Å²) in [5.41, 5.74) is 5.89. The van der Waals surface area contributed by atoms with Crippen LogP contribution in [0.4, 0.5) is 13.2 Å². The van der Waals surface area contributed by atoms with Crippen LogP contribution in [0.3, 0.4) is 0 Å². The van der Waals surface area contributed by atoms with Crippen LogP contribution in [0.25, 0.3) is 0 Å². The molecule has 0 spiro atoms. The summed E-state index contributed by atoms with van der Waals surface area (Å²) in [5.74, 6) is -1.10. The van der Waals surface area contributed by atoms with Crippen LogP contribution in [0.5, 0.6) is 0 Å². The Morgan fingerprint density at radius 2 is 1.58 bits per heavy atom. The van der Waals surface area contributed by atoms with Crippen LogP contribution in [0.2, 0.25) is 0 Å². The Hall–Kier alpha value is -0.290. The van der Waals surface area contributed by atoms with E-state index in [0.29, 0.717) is 24.9 Å². The molecule has 2 unspecified atom stereocenters. The van der Waals surface area contributed by atoms with Crippen molar-refractivity contribution in [1.29, 1.82) is 0 Å². The second-order valence-electron chi connectivity index (χ2n) is 6.29. The number of nitrogens with zero attached hydrogens (tertiary/aromatic N) is 1. The Bertz CT molecular complexity index is 285. The van der Waals surface area contributed by atoms with Gasteiger partial charge in [-0.05, 0) is 52.0 Å². The number of nitrogens with two attached hydrogens (primary N) is 1. The monoisotopic (exact) mass is 278 g/mol. The van der Waals surface area contributed by atoms with Crippen LogP contribution < -0.4 is 5.73 Å². The van der Waals surface area contributed by atoms with Crippen molar-refractivity contribution in [2.75, 3.05) is 7.05 Å². The molecule has 0 aliphatic heterocycles. The first-order valence-electron chi connectivity index (χ1n) is 7.42.